The molecule has 0 saturated heterocycles. The van der Waals surface area contributed by atoms with Crippen LogP contribution in [-0.2, 0) is 22.5 Å². The first kappa shape index (κ1) is 17.2. The lowest BCUT2D eigenvalue weighted by Crippen LogP contribution is -2.26. The summed E-state index contributed by atoms with van der Waals surface area (Å²) in [6.45, 7) is 3.03. The summed E-state index contributed by atoms with van der Waals surface area (Å²) in [6, 6.07) is 3.63. The Labute approximate surface area is 160 Å². The van der Waals surface area contributed by atoms with Crippen LogP contribution in [0.1, 0.15) is 18.2 Å². The van der Waals surface area contributed by atoms with Crippen LogP contribution in [0.5, 0.6) is 0 Å². The van der Waals surface area contributed by atoms with Gasteiger partial charge in [0.1, 0.15) is 11.3 Å². The van der Waals surface area contributed by atoms with Gasteiger partial charge in [-0.2, -0.15) is 5.10 Å². The highest BCUT2D eigenvalue weighted by molar-refractivity contribution is 6.35. The molecule has 0 aliphatic carbocycles. The molecule has 0 saturated carbocycles. The minimum Gasteiger partial charge on any atom is -0.466 e. The maximum atomic E-state index is 12.3. The summed E-state index contributed by atoms with van der Waals surface area (Å²) >= 11 is 12.3. The quantitative estimate of drug-likeness (QED) is 0.674. The highest BCUT2D eigenvalue weighted by atomic mass is 35.5. The third-order valence-electron chi connectivity index (χ3n) is 4.49. The number of nitrogens with one attached hydrogen (secondary N) is 1. The lowest BCUT2D eigenvalue weighted by atomic mass is 9.98. The van der Waals surface area contributed by atoms with Crippen molar-refractivity contribution in [2.75, 3.05) is 18.5 Å². The molecule has 1 aliphatic heterocycles. The van der Waals surface area contributed by atoms with E-state index in [1.165, 1.54) is 0 Å². The molecular weight excluding hydrogens is 377 g/mol. The van der Waals surface area contributed by atoms with Gasteiger partial charge in [0.15, 0.2) is 0 Å². The number of carbonyl (C=O) groups is 1. The van der Waals surface area contributed by atoms with Crippen LogP contribution in [0.2, 0.25) is 10.0 Å². The van der Waals surface area contributed by atoms with Crippen LogP contribution < -0.4 is 5.32 Å². The van der Waals surface area contributed by atoms with Gasteiger partial charge in [-0.15, -0.1) is 0 Å². The Morgan fingerprint density at radius 3 is 3.04 bits per heavy atom. The number of halogens is 2. The van der Waals surface area contributed by atoms with E-state index in [9.17, 15) is 4.79 Å². The molecule has 2 aromatic heterocycles. The maximum absolute atomic E-state index is 12.3. The van der Waals surface area contributed by atoms with E-state index >= 15 is 0 Å². The van der Waals surface area contributed by atoms with Gasteiger partial charge in [-0.25, -0.2) is 0 Å². The van der Waals surface area contributed by atoms with E-state index in [0.717, 1.165) is 28.0 Å². The van der Waals surface area contributed by atoms with Crippen molar-refractivity contribution in [2.45, 2.75) is 19.9 Å². The molecule has 1 aliphatic rings. The van der Waals surface area contributed by atoms with Gasteiger partial charge in [0.05, 0.1) is 41.0 Å². The number of esters is 1. The number of hydrogen-bond acceptors (Lipinski definition) is 5. The third kappa shape index (κ3) is 3.04. The van der Waals surface area contributed by atoms with Gasteiger partial charge >= 0.3 is 5.97 Å². The summed E-state index contributed by atoms with van der Waals surface area (Å²) in [5.41, 5.74) is 2.47. The summed E-state index contributed by atoms with van der Waals surface area (Å²) in [6.07, 6.45) is 3.82. The fraction of sp³-hybridized carbons (Fsp3) is 0.333. The molecule has 1 atom stereocenters. The Morgan fingerprint density at radius 2 is 2.31 bits per heavy atom. The van der Waals surface area contributed by atoms with Crippen molar-refractivity contribution in [3.63, 3.8) is 0 Å². The summed E-state index contributed by atoms with van der Waals surface area (Å²) < 4.78 is 13.0. The summed E-state index contributed by atoms with van der Waals surface area (Å²) in [4.78, 5) is 12.3. The zero-order chi connectivity index (χ0) is 18.3. The van der Waals surface area contributed by atoms with Crippen molar-refractivity contribution >= 4 is 45.8 Å². The number of nitrogens with zero attached hydrogens (tertiary/aromatic N) is 2. The predicted molar refractivity (Wildman–Crippen MR) is 99.9 cm³/mol. The Kier molecular flexibility index (Phi) is 4.54. The molecule has 3 aromatic rings. The largest absolute Gasteiger partial charge is 0.466 e. The molecule has 1 aromatic carbocycles. The van der Waals surface area contributed by atoms with E-state index in [1.54, 1.807) is 30.1 Å². The second-order valence-electron chi connectivity index (χ2n) is 6.19. The number of ether oxygens (including phenoxy) is 1. The molecule has 1 N–H and O–H groups in total. The number of hydrogen-bond donors (Lipinski definition) is 1. The Balaban J connectivity index is 1.80. The monoisotopic (exact) mass is 393 g/mol. The molecular formula is C18H17Cl2N3O3. The lowest BCUT2D eigenvalue weighted by molar-refractivity contribution is -0.147. The van der Waals surface area contributed by atoms with Crippen LogP contribution in [-0.4, -0.2) is 28.9 Å². The molecule has 3 heterocycles. The number of carbonyl (C=O) groups excluding carboxylic acids is 1. The smallest absolute Gasteiger partial charge is 0.311 e. The fourth-order valence-corrected chi connectivity index (χ4v) is 3.72. The molecule has 0 spiro atoms. The van der Waals surface area contributed by atoms with Crippen LogP contribution in [0.25, 0.3) is 11.0 Å². The van der Waals surface area contributed by atoms with Gasteiger partial charge in [0, 0.05) is 23.7 Å². The number of anilines is 1. The number of aromatic nitrogens is 2. The van der Waals surface area contributed by atoms with Crippen LogP contribution in [0.3, 0.4) is 0 Å². The average Bonchev–Trinajstić information content (AvgIpc) is 3.09. The normalized spacial score (nSPS) is 16.3. The fourth-order valence-electron chi connectivity index (χ4n) is 3.34. The van der Waals surface area contributed by atoms with Crippen LogP contribution in [0, 0.1) is 5.92 Å². The maximum Gasteiger partial charge on any atom is 0.311 e. The molecule has 4 rings (SSSR count). The second-order valence-corrected chi connectivity index (χ2v) is 7.03. The van der Waals surface area contributed by atoms with E-state index in [2.05, 4.69) is 10.4 Å². The second kappa shape index (κ2) is 6.85. The van der Waals surface area contributed by atoms with E-state index in [1.807, 2.05) is 6.07 Å². The Bertz CT molecular complexity index is 980. The van der Waals surface area contributed by atoms with Gasteiger partial charge < -0.3 is 14.5 Å². The molecule has 26 heavy (non-hydrogen) atoms. The summed E-state index contributed by atoms with van der Waals surface area (Å²) in [5, 5.41) is 9.57. The predicted octanol–water partition coefficient (Wildman–Crippen LogP) is 4.13. The topological polar surface area (TPSA) is 69.3 Å². The summed E-state index contributed by atoms with van der Waals surface area (Å²) in [5.74, 6) is 0.187. The van der Waals surface area contributed by atoms with Gasteiger partial charge in [-0.05, 0) is 25.5 Å². The highest BCUT2D eigenvalue weighted by Crippen LogP contribution is 2.40. The van der Waals surface area contributed by atoms with Crippen LogP contribution in [0.15, 0.2) is 28.9 Å². The average molecular weight is 394 g/mol. The zero-order valence-electron chi connectivity index (χ0n) is 14.1. The van der Waals surface area contributed by atoms with Crippen molar-refractivity contribution in [1.82, 2.24) is 9.78 Å². The molecule has 0 fully saturated rings. The van der Waals surface area contributed by atoms with Crippen molar-refractivity contribution in [3.8, 4) is 0 Å². The first-order valence-electron chi connectivity index (χ1n) is 8.38. The van der Waals surface area contributed by atoms with E-state index in [0.29, 0.717) is 36.2 Å². The first-order chi connectivity index (χ1) is 12.6. The molecule has 0 radical (unpaired) electrons. The number of rotatable bonds is 4. The molecule has 6 nitrogen and oxygen atoms in total. The zero-order valence-corrected chi connectivity index (χ0v) is 15.6. The molecule has 136 valence electrons. The standard InChI is InChI=1S/C18H17Cl2N3O3/c1-2-25-18(24)10-5-12-15(9-23-8-11(19)7-22-23)26-14-4-3-13(20)17(16(12)14)21-6-10/h3-4,7-8,10,21H,2,5-6,9H2,1H3. The van der Waals surface area contributed by atoms with Crippen molar-refractivity contribution in [1.29, 1.82) is 0 Å². The first-order valence-corrected chi connectivity index (χ1v) is 9.13. The number of furan rings is 1. The van der Waals surface area contributed by atoms with Gasteiger partial charge in [0.2, 0.25) is 0 Å². The highest BCUT2D eigenvalue weighted by Gasteiger charge is 2.30. The van der Waals surface area contributed by atoms with Crippen molar-refractivity contribution in [3.05, 3.63) is 45.9 Å². The van der Waals surface area contributed by atoms with Crippen LogP contribution >= 0.6 is 23.2 Å². The third-order valence-corrected chi connectivity index (χ3v) is 5.00. The molecule has 8 heteroatoms. The minimum absolute atomic E-state index is 0.230. The summed E-state index contributed by atoms with van der Waals surface area (Å²) in [7, 11) is 0. The van der Waals surface area contributed by atoms with Gasteiger partial charge in [0.25, 0.3) is 0 Å². The Hall–Kier alpha value is -2.18. The van der Waals surface area contributed by atoms with E-state index < -0.39 is 0 Å². The Morgan fingerprint density at radius 1 is 1.46 bits per heavy atom. The molecule has 1 unspecified atom stereocenters. The lowest BCUT2D eigenvalue weighted by Gasteiger charge is -2.14. The van der Waals surface area contributed by atoms with Gasteiger partial charge in [-0.3, -0.25) is 9.48 Å². The van der Waals surface area contributed by atoms with Crippen molar-refractivity contribution < 1.29 is 13.9 Å². The molecule has 0 amide bonds. The number of benzene rings is 1. The van der Waals surface area contributed by atoms with Crippen molar-refractivity contribution in [2.24, 2.45) is 5.92 Å². The van der Waals surface area contributed by atoms with E-state index in [4.69, 9.17) is 32.4 Å². The SMILES string of the molecule is CCOC(=O)C1CNc2c(Cl)ccc3oc(Cn4cc(Cl)cn4)c(c23)C1. The van der Waals surface area contributed by atoms with Crippen LogP contribution in [0.4, 0.5) is 5.69 Å². The van der Waals surface area contributed by atoms with E-state index in [-0.39, 0.29) is 11.9 Å². The minimum atomic E-state index is -0.320. The molecule has 0 bridgehead atoms. The van der Waals surface area contributed by atoms with Gasteiger partial charge in [-0.1, -0.05) is 23.2 Å².